The molecule has 0 bridgehead atoms. The van der Waals surface area contributed by atoms with Gasteiger partial charge in [0, 0.05) is 4.47 Å². The average Bonchev–Trinajstić information content (AvgIpc) is 2.86. The van der Waals surface area contributed by atoms with Crippen molar-refractivity contribution in [2.75, 3.05) is 0 Å². The number of nitrogens with zero attached hydrogens (tertiary/aromatic N) is 2. The number of halogens is 2. The zero-order valence-electron chi connectivity index (χ0n) is 13.7. The summed E-state index contributed by atoms with van der Waals surface area (Å²) in [7, 11) is 0. The Labute approximate surface area is 162 Å². The van der Waals surface area contributed by atoms with E-state index in [1.807, 2.05) is 44.2 Å². The number of oxime groups is 1. The van der Waals surface area contributed by atoms with E-state index >= 15 is 0 Å². The molecule has 25 heavy (non-hydrogen) atoms. The minimum Gasteiger partial charge on any atom is -0.506 e. The zero-order chi connectivity index (χ0) is 18.0. The summed E-state index contributed by atoms with van der Waals surface area (Å²) in [5.74, 6) is 0.699. The molecule has 0 spiro atoms. The maximum absolute atomic E-state index is 10.3. The predicted octanol–water partition coefficient (Wildman–Crippen LogP) is 5.00. The summed E-state index contributed by atoms with van der Waals surface area (Å²) in [6.07, 6.45) is 0. The lowest BCUT2D eigenvalue weighted by molar-refractivity contribution is 0.123. The van der Waals surface area contributed by atoms with Gasteiger partial charge >= 0.3 is 0 Å². The molecule has 1 aliphatic rings. The normalized spacial score (nSPS) is 17.3. The van der Waals surface area contributed by atoms with Crippen LogP contribution in [-0.4, -0.2) is 22.4 Å². The van der Waals surface area contributed by atoms with Crippen molar-refractivity contribution in [2.45, 2.75) is 26.0 Å². The van der Waals surface area contributed by atoms with E-state index in [-0.39, 0.29) is 5.75 Å². The Morgan fingerprint density at radius 2 is 1.92 bits per heavy atom. The van der Waals surface area contributed by atoms with Crippen LogP contribution in [0.4, 0.5) is 0 Å². The summed E-state index contributed by atoms with van der Waals surface area (Å²) in [6.45, 7) is 4.08. The standard InChI is InChI=1S/C18H16Br2N2O3/c1-18(2)17(22-24-10-11-6-4-3-5-7-11)25-16(21-18)13-8-12(19)9-14(20)15(13)23/h3-9,23H,10H2,1-2H3/b22-17-. The molecule has 3 rings (SSSR count). The van der Waals surface area contributed by atoms with Crippen LogP contribution in [0.2, 0.25) is 0 Å². The third-order valence-corrected chi connectivity index (χ3v) is 4.64. The van der Waals surface area contributed by atoms with E-state index in [0.29, 0.717) is 28.4 Å². The van der Waals surface area contributed by atoms with Gasteiger partial charge < -0.3 is 14.7 Å². The number of phenolic OH excluding ortho intramolecular Hbond substituents is 1. The summed E-state index contributed by atoms with van der Waals surface area (Å²) >= 11 is 6.71. The quantitative estimate of drug-likeness (QED) is 0.643. The zero-order valence-corrected chi connectivity index (χ0v) is 16.8. The van der Waals surface area contributed by atoms with Crippen molar-refractivity contribution in [1.82, 2.24) is 0 Å². The van der Waals surface area contributed by atoms with E-state index in [1.54, 1.807) is 12.1 Å². The summed E-state index contributed by atoms with van der Waals surface area (Å²) in [5, 5.41) is 14.4. The monoisotopic (exact) mass is 466 g/mol. The fourth-order valence-electron chi connectivity index (χ4n) is 2.26. The smallest absolute Gasteiger partial charge is 0.260 e. The number of hydrogen-bond acceptors (Lipinski definition) is 5. The predicted molar refractivity (Wildman–Crippen MR) is 104 cm³/mol. The van der Waals surface area contributed by atoms with Crippen molar-refractivity contribution in [3.05, 3.63) is 62.5 Å². The lowest BCUT2D eigenvalue weighted by Crippen LogP contribution is -2.26. The van der Waals surface area contributed by atoms with Gasteiger partial charge in [-0.15, -0.1) is 0 Å². The van der Waals surface area contributed by atoms with Gasteiger partial charge in [0.2, 0.25) is 5.90 Å². The fourth-order valence-corrected chi connectivity index (χ4v) is 3.48. The van der Waals surface area contributed by atoms with Crippen LogP contribution in [0.25, 0.3) is 0 Å². The molecular weight excluding hydrogens is 452 g/mol. The van der Waals surface area contributed by atoms with Crippen molar-refractivity contribution in [1.29, 1.82) is 0 Å². The van der Waals surface area contributed by atoms with Gasteiger partial charge in [0.25, 0.3) is 5.90 Å². The molecule has 1 aliphatic heterocycles. The van der Waals surface area contributed by atoms with Crippen molar-refractivity contribution in [3.63, 3.8) is 0 Å². The topological polar surface area (TPSA) is 63.4 Å². The number of ether oxygens (including phenoxy) is 1. The second kappa shape index (κ2) is 7.17. The van der Waals surface area contributed by atoms with E-state index in [0.717, 1.165) is 10.0 Å². The first-order chi connectivity index (χ1) is 11.9. The highest BCUT2D eigenvalue weighted by Crippen LogP contribution is 2.35. The lowest BCUT2D eigenvalue weighted by atomic mass is 10.1. The summed E-state index contributed by atoms with van der Waals surface area (Å²) in [6, 6.07) is 13.2. The van der Waals surface area contributed by atoms with E-state index in [1.165, 1.54) is 0 Å². The van der Waals surface area contributed by atoms with Crippen LogP contribution >= 0.6 is 31.9 Å². The molecule has 0 radical (unpaired) electrons. The molecular formula is C18H16Br2N2O3. The van der Waals surface area contributed by atoms with Gasteiger partial charge in [0.15, 0.2) is 0 Å². The number of rotatable bonds is 4. The summed E-state index contributed by atoms with van der Waals surface area (Å²) < 4.78 is 7.11. The van der Waals surface area contributed by atoms with Gasteiger partial charge in [0.1, 0.15) is 17.9 Å². The Bertz CT molecular complexity index is 849. The maximum Gasteiger partial charge on any atom is 0.260 e. The van der Waals surface area contributed by atoms with Gasteiger partial charge in [-0.1, -0.05) is 46.3 Å². The lowest BCUT2D eigenvalue weighted by Gasteiger charge is -2.11. The highest BCUT2D eigenvalue weighted by atomic mass is 79.9. The summed E-state index contributed by atoms with van der Waals surface area (Å²) in [5.41, 5.74) is 0.799. The van der Waals surface area contributed by atoms with Gasteiger partial charge in [-0.05, 0) is 52.6 Å². The number of hydrogen-bond donors (Lipinski definition) is 1. The molecule has 0 amide bonds. The number of aromatic hydroxyl groups is 1. The highest BCUT2D eigenvalue weighted by molar-refractivity contribution is 9.11. The van der Waals surface area contributed by atoms with Crippen LogP contribution in [0.1, 0.15) is 25.0 Å². The van der Waals surface area contributed by atoms with Crippen LogP contribution in [0.3, 0.4) is 0 Å². The molecule has 0 atom stereocenters. The molecule has 2 aromatic carbocycles. The van der Waals surface area contributed by atoms with Crippen LogP contribution in [0.15, 0.2) is 61.6 Å². The highest BCUT2D eigenvalue weighted by Gasteiger charge is 2.37. The van der Waals surface area contributed by atoms with Gasteiger partial charge in [0.05, 0.1) is 10.0 Å². The van der Waals surface area contributed by atoms with Crippen molar-refractivity contribution >= 4 is 43.7 Å². The number of benzene rings is 2. The molecule has 0 fully saturated rings. The second-order valence-corrected chi connectivity index (χ2v) is 7.79. The van der Waals surface area contributed by atoms with E-state index in [4.69, 9.17) is 9.57 Å². The molecule has 0 saturated carbocycles. The second-order valence-electron chi connectivity index (χ2n) is 6.02. The fraction of sp³-hybridized carbons (Fsp3) is 0.222. The van der Waals surface area contributed by atoms with E-state index in [9.17, 15) is 5.11 Å². The maximum atomic E-state index is 10.3. The Kier molecular flexibility index (Phi) is 5.15. The largest absolute Gasteiger partial charge is 0.506 e. The molecule has 0 aliphatic carbocycles. The molecule has 7 heteroatoms. The third-order valence-electron chi connectivity index (χ3n) is 3.58. The SMILES string of the molecule is CC1(C)N=C(c2cc(Br)cc(Br)c2O)O/C1=N\OCc1ccccc1. The Balaban J connectivity index is 1.79. The van der Waals surface area contributed by atoms with Gasteiger partial charge in [-0.3, -0.25) is 0 Å². The molecule has 2 aromatic rings. The Morgan fingerprint density at radius 3 is 2.64 bits per heavy atom. The molecule has 1 N–H and O–H groups in total. The number of phenols is 1. The molecule has 0 aromatic heterocycles. The van der Waals surface area contributed by atoms with Crippen LogP contribution in [-0.2, 0) is 16.2 Å². The number of aliphatic imine (C=N–C) groups is 1. The first-order valence-corrected chi connectivity index (χ1v) is 9.16. The minimum absolute atomic E-state index is 0.0594. The molecule has 0 saturated heterocycles. The molecule has 0 unspecified atom stereocenters. The van der Waals surface area contributed by atoms with E-state index < -0.39 is 5.54 Å². The third kappa shape index (κ3) is 4.04. The van der Waals surface area contributed by atoms with Crippen molar-refractivity contribution in [3.8, 4) is 5.75 Å². The average molecular weight is 468 g/mol. The minimum atomic E-state index is -0.687. The van der Waals surface area contributed by atoms with Gasteiger partial charge in [-0.2, -0.15) is 0 Å². The molecule has 5 nitrogen and oxygen atoms in total. The van der Waals surface area contributed by atoms with Crippen molar-refractivity contribution < 1.29 is 14.7 Å². The first-order valence-electron chi connectivity index (χ1n) is 7.57. The molecule has 1 heterocycles. The van der Waals surface area contributed by atoms with Crippen molar-refractivity contribution in [2.24, 2.45) is 10.1 Å². The van der Waals surface area contributed by atoms with Gasteiger partial charge in [-0.25, -0.2) is 4.99 Å². The first kappa shape index (κ1) is 17.9. The van der Waals surface area contributed by atoms with E-state index in [2.05, 4.69) is 42.0 Å². The molecule has 130 valence electrons. The van der Waals surface area contributed by atoms with Crippen LogP contribution < -0.4 is 0 Å². The van der Waals surface area contributed by atoms with Crippen LogP contribution in [0, 0.1) is 0 Å². The Hall–Kier alpha value is -1.86. The Morgan fingerprint density at radius 1 is 1.20 bits per heavy atom. The summed E-state index contributed by atoms with van der Waals surface area (Å²) in [4.78, 5) is 9.93. The van der Waals surface area contributed by atoms with Crippen LogP contribution in [0.5, 0.6) is 5.75 Å².